The summed E-state index contributed by atoms with van der Waals surface area (Å²) in [5.74, 6) is 0.243. The molecule has 3 aromatic carbocycles. The zero-order chi connectivity index (χ0) is 22.3. The molecule has 5 aromatic rings. The molecule has 0 atom stereocenters. The molecule has 0 aliphatic rings. The van der Waals surface area contributed by atoms with Gasteiger partial charge in [-0.15, -0.1) is 41.2 Å². The summed E-state index contributed by atoms with van der Waals surface area (Å²) >= 11 is 1.61. The van der Waals surface area contributed by atoms with Crippen molar-refractivity contribution in [3.8, 4) is 38.7 Å². The molecule has 0 aliphatic carbocycles. The summed E-state index contributed by atoms with van der Waals surface area (Å²) in [4.78, 5) is 9.45. The van der Waals surface area contributed by atoms with Crippen LogP contribution >= 0.6 is 11.3 Å². The maximum atomic E-state index is 10.4. The van der Waals surface area contributed by atoms with E-state index < -0.39 is 0 Å². The van der Waals surface area contributed by atoms with Crippen LogP contribution in [0.3, 0.4) is 0 Å². The van der Waals surface area contributed by atoms with Crippen LogP contribution in [-0.4, -0.2) is 15.1 Å². The number of aromatic nitrogens is 2. The number of aromatic hydroxyl groups is 1. The number of pyridine rings is 1. The molecule has 0 saturated carbocycles. The Hall–Kier alpha value is -2.81. The second-order valence-corrected chi connectivity index (χ2v) is 9.88. The number of para-hydroxylation sites is 1. The van der Waals surface area contributed by atoms with Crippen molar-refractivity contribution in [1.82, 2.24) is 9.97 Å². The molecule has 2 heterocycles. The molecule has 5 heteroatoms. The molecule has 0 bridgehead atoms. The molecule has 33 heavy (non-hydrogen) atoms. The number of hydrogen-bond donors (Lipinski definition) is 1. The first-order chi connectivity index (χ1) is 15.4. The molecule has 0 spiro atoms. The van der Waals surface area contributed by atoms with Gasteiger partial charge in [0.15, 0.2) is 0 Å². The van der Waals surface area contributed by atoms with Crippen molar-refractivity contribution in [2.24, 2.45) is 0 Å². The van der Waals surface area contributed by atoms with Gasteiger partial charge in [-0.2, -0.15) is 0 Å². The summed E-state index contributed by atoms with van der Waals surface area (Å²) in [7, 11) is 0. The number of fused-ring (bicyclic) bond motifs is 1. The predicted molar refractivity (Wildman–Crippen MR) is 133 cm³/mol. The summed E-state index contributed by atoms with van der Waals surface area (Å²) in [5.41, 5.74) is 6.78. The van der Waals surface area contributed by atoms with E-state index in [0.29, 0.717) is 0 Å². The molecule has 0 fully saturated rings. The zero-order valence-electron chi connectivity index (χ0n) is 18.6. The number of benzene rings is 3. The third-order valence-corrected chi connectivity index (χ3v) is 6.56. The molecule has 0 radical (unpaired) electrons. The minimum absolute atomic E-state index is 0. The van der Waals surface area contributed by atoms with E-state index in [0.717, 1.165) is 43.2 Å². The van der Waals surface area contributed by atoms with Gasteiger partial charge in [-0.05, 0) is 35.2 Å². The molecule has 0 unspecified atom stereocenters. The normalized spacial score (nSPS) is 11.4. The molecule has 168 valence electrons. The third kappa shape index (κ3) is 4.64. The fraction of sp³-hybridized carbons (Fsp3) is 0.143. The van der Waals surface area contributed by atoms with Crippen LogP contribution in [0.4, 0.5) is 0 Å². The summed E-state index contributed by atoms with van der Waals surface area (Å²) in [6.45, 7) is 6.66. The van der Waals surface area contributed by atoms with Crippen LogP contribution in [0.2, 0.25) is 0 Å². The number of rotatable bonds is 3. The summed E-state index contributed by atoms with van der Waals surface area (Å²) in [6.07, 6.45) is 1.80. The quantitative estimate of drug-likeness (QED) is 0.210. The molecule has 0 amide bonds. The molecule has 0 saturated heterocycles. The predicted octanol–water partition coefficient (Wildman–Crippen LogP) is 7.49. The van der Waals surface area contributed by atoms with Gasteiger partial charge in [0, 0.05) is 37.7 Å². The van der Waals surface area contributed by atoms with Gasteiger partial charge in [-0.1, -0.05) is 62.2 Å². The Morgan fingerprint density at radius 2 is 1.61 bits per heavy atom. The van der Waals surface area contributed by atoms with E-state index in [-0.39, 0.29) is 32.2 Å². The largest absolute Gasteiger partial charge is 0.507 e. The van der Waals surface area contributed by atoms with Crippen LogP contribution in [0.1, 0.15) is 26.3 Å². The van der Waals surface area contributed by atoms with Gasteiger partial charge in [0.2, 0.25) is 0 Å². The van der Waals surface area contributed by atoms with Crippen molar-refractivity contribution in [3.63, 3.8) is 0 Å². The van der Waals surface area contributed by atoms with Crippen LogP contribution in [0.5, 0.6) is 5.75 Å². The van der Waals surface area contributed by atoms with Crippen LogP contribution in [0.15, 0.2) is 79.0 Å². The number of phenols is 1. The minimum atomic E-state index is -0.0133. The molecule has 3 nitrogen and oxygen atoms in total. The molecule has 2 aromatic heterocycles. The number of nitrogens with zero attached hydrogens (tertiary/aromatic N) is 2. The van der Waals surface area contributed by atoms with E-state index in [9.17, 15) is 5.11 Å². The van der Waals surface area contributed by atoms with E-state index in [4.69, 9.17) is 4.98 Å². The van der Waals surface area contributed by atoms with Crippen LogP contribution in [0.25, 0.3) is 43.2 Å². The summed E-state index contributed by atoms with van der Waals surface area (Å²) < 4.78 is 1.10. The van der Waals surface area contributed by atoms with Crippen molar-refractivity contribution in [2.75, 3.05) is 0 Å². The van der Waals surface area contributed by atoms with Gasteiger partial charge >= 0.3 is 0 Å². The second-order valence-electron chi connectivity index (χ2n) is 8.85. The van der Waals surface area contributed by atoms with Crippen LogP contribution < -0.4 is 0 Å². The van der Waals surface area contributed by atoms with Crippen LogP contribution in [0, 0.1) is 6.07 Å². The first-order valence-corrected chi connectivity index (χ1v) is 11.4. The number of phenolic OH excluding ortho intramolecular Hbond substituents is 1. The van der Waals surface area contributed by atoms with Gasteiger partial charge in [0.1, 0.15) is 10.8 Å². The summed E-state index contributed by atoms with van der Waals surface area (Å²) in [6, 6.07) is 27.4. The fourth-order valence-corrected chi connectivity index (χ4v) is 4.80. The maximum absolute atomic E-state index is 10.4. The first-order valence-electron chi connectivity index (χ1n) is 10.6. The molecule has 0 aliphatic heterocycles. The van der Waals surface area contributed by atoms with Gasteiger partial charge in [-0.3, -0.25) is 4.98 Å². The number of hydrogen-bond acceptors (Lipinski definition) is 4. The van der Waals surface area contributed by atoms with Crippen molar-refractivity contribution < 1.29 is 26.2 Å². The van der Waals surface area contributed by atoms with Crippen molar-refractivity contribution in [3.05, 3.63) is 90.6 Å². The van der Waals surface area contributed by atoms with E-state index in [1.165, 1.54) is 5.56 Å². The Morgan fingerprint density at radius 1 is 0.848 bits per heavy atom. The Balaban J connectivity index is 0.00000259. The van der Waals surface area contributed by atoms with Gasteiger partial charge in [0.25, 0.3) is 0 Å². The Labute approximate surface area is 212 Å². The van der Waals surface area contributed by atoms with E-state index in [1.54, 1.807) is 23.6 Å². The Kier molecular flexibility index (Phi) is 6.52. The van der Waals surface area contributed by atoms with Gasteiger partial charge in [-0.25, -0.2) is 4.98 Å². The second kappa shape index (κ2) is 9.21. The fourth-order valence-electron chi connectivity index (χ4n) is 3.74. The molecule has 1 N–H and O–H groups in total. The summed E-state index contributed by atoms with van der Waals surface area (Å²) in [5, 5.41) is 11.2. The van der Waals surface area contributed by atoms with Crippen molar-refractivity contribution >= 4 is 21.6 Å². The third-order valence-electron chi connectivity index (χ3n) is 5.52. The molecular formula is C28H23N2OPtS-. The van der Waals surface area contributed by atoms with E-state index >= 15 is 0 Å². The maximum Gasteiger partial charge on any atom is 0.127 e. The van der Waals surface area contributed by atoms with Crippen LogP contribution in [-0.2, 0) is 26.5 Å². The minimum Gasteiger partial charge on any atom is -0.507 e. The monoisotopic (exact) mass is 630 g/mol. The average Bonchev–Trinajstić information content (AvgIpc) is 3.23. The SMILES string of the molecule is CC(C)(C)c1cc(-c2[c-]c(-c3ccccn3)ccc2)c2nc(-c3ccccc3O)sc2c1.[Pt]. The zero-order valence-corrected chi connectivity index (χ0v) is 21.7. The smallest absolute Gasteiger partial charge is 0.127 e. The number of thiazole rings is 1. The van der Waals surface area contributed by atoms with Gasteiger partial charge < -0.3 is 5.11 Å². The van der Waals surface area contributed by atoms with E-state index in [2.05, 4.69) is 50.0 Å². The Bertz CT molecular complexity index is 1420. The van der Waals surface area contributed by atoms with Crippen molar-refractivity contribution in [2.45, 2.75) is 26.2 Å². The van der Waals surface area contributed by atoms with Gasteiger partial charge in [0.05, 0.1) is 11.1 Å². The first kappa shape index (κ1) is 23.3. The van der Waals surface area contributed by atoms with E-state index in [1.807, 2.05) is 48.5 Å². The Morgan fingerprint density at radius 3 is 2.33 bits per heavy atom. The average molecular weight is 631 g/mol. The standard InChI is InChI=1S/C28H23N2OS.Pt/c1-28(2,3)20-16-22(18-9-8-10-19(15-18)23-12-6-7-14-29-23)26-25(17-20)32-27(30-26)21-11-4-5-13-24(21)31;/h4-14,16-17,31H,1-3H3;/q-1;. The molecule has 5 rings (SSSR count). The topological polar surface area (TPSA) is 46.0 Å². The van der Waals surface area contributed by atoms with Crippen molar-refractivity contribution in [1.29, 1.82) is 0 Å². The molecular weight excluding hydrogens is 607 g/mol.